The molecule has 3 nitrogen and oxygen atoms in total. The molecule has 0 saturated heterocycles. The molecule has 19 heavy (non-hydrogen) atoms. The van der Waals surface area contributed by atoms with Crippen LogP contribution in [-0.4, -0.2) is 16.1 Å². The summed E-state index contributed by atoms with van der Waals surface area (Å²) in [6, 6.07) is 10.6. The Kier molecular flexibility index (Phi) is 4.61. The lowest BCUT2D eigenvalue weighted by Crippen LogP contribution is -2.11. The number of aryl methyl sites for hydroxylation is 1. The van der Waals surface area contributed by atoms with Crippen molar-refractivity contribution in [1.82, 2.24) is 9.55 Å². The van der Waals surface area contributed by atoms with Gasteiger partial charge in [-0.25, -0.2) is 4.98 Å². The van der Waals surface area contributed by atoms with Crippen molar-refractivity contribution in [1.29, 1.82) is 0 Å². The summed E-state index contributed by atoms with van der Waals surface area (Å²) < 4.78 is 2.22. The predicted octanol–water partition coefficient (Wildman–Crippen LogP) is 3.82. The Balaban J connectivity index is 2.10. The van der Waals surface area contributed by atoms with Crippen LogP contribution in [0.2, 0.25) is 0 Å². The van der Waals surface area contributed by atoms with Crippen LogP contribution in [0.15, 0.2) is 36.5 Å². The van der Waals surface area contributed by atoms with Gasteiger partial charge in [0.2, 0.25) is 5.95 Å². The number of hydrogen-bond acceptors (Lipinski definition) is 2. The molecule has 0 amide bonds. The second-order valence-electron chi connectivity index (χ2n) is 5.10. The molecule has 0 bridgehead atoms. The van der Waals surface area contributed by atoms with E-state index in [4.69, 9.17) is 0 Å². The van der Waals surface area contributed by atoms with Crippen LogP contribution in [-0.2, 0) is 6.54 Å². The summed E-state index contributed by atoms with van der Waals surface area (Å²) in [6.07, 6.45) is 3.23. The van der Waals surface area contributed by atoms with Gasteiger partial charge in [-0.1, -0.05) is 44.2 Å². The van der Waals surface area contributed by atoms with Crippen LogP contribution in [0.3, 0.4) is 0 Å². The standard InChI is InChI=1S/C16H23N3/c1-4-10-17-16-18-14(3)12-19(16)11-13(2)15-8-6-5-7-9-15/h5-9,12-13H,4,10-11H2,1-3H3,(H,17,18). The Hall–Kier alpha value is -1.77. The summed E-state index contributed by atoms with van der Waals surface area (Å²) in [7, 11) is 0. The molecule has 2 rings (SSSR count). The highest BCUT2D eigenvalue weighted by Crippen LogP contribution is 2.19. The maximum absolute atomic E-state index is 4.55. The maximum atomic E-state index is 4.55. The lowest BCUT2D eigenvalue weighted by molar-refractivity contribution is 0.600. The van der Waals surface area contributed by atoms with Crippen LogP contribution >= 0.6 is 0 Å². The molecule has 3 heteroatoms. The predicted molar refractivity (Wildman–Crippen MR) is 80.6 cm³/mol. The van der Waals surface area contributed by atoms with E-state index in [1.807, 2.05) is 6.92 Å². The highest BCUT2D eigenvalue weighted by Gasteiger charge is 2.10. The molecule has 0 aliphatic carbocycles. The lowest BCUT2D eigenvalue weighted by atomic mass is 10.0. The summed E-state index contributed by atoms with van der Waals surface area (Å²) in [5.74, 6) is 1.47. The van der Waals surface area contributed by atoms with E-state index in [1.54, 1.807) is 0 Å². The highest BCUT2D eigenvalue weighted by atomic mass is 15.2. The molecule has 1 atom stereocenters. The van der Waals surface area contributed by atoms with Gasteiger partial charge in [0.1, 0.15) is 0 Å². The highest BCUT2D eigenvalue weighted by molar-refractivity contribution is 5.29. The van der Waals surface area contributed by atoms with E-state index >= 15 is 0 Å². The Morgan fingerprint density at radius 2 is 2.00 bits per heavy atom. The molecule has 1 aromatic heterocycles. The normalized spacial score (nSPS) is 12.4. The zero-order chi connectivity index (χ0) is 13.7. The second-order valence-corrected chi connectivity index (χ2v) is 5.10. The first kappa shape index (κ1) is 13.7. The molecular weight excluding hydrogens is 234 g/mol. The fourth-order valence-electron chi connectivity index (χ4n) is 2.25. The third kappa shape index (κ3) is 3.60. The maximum Gasteiger partial charge on any atom is 0.203 e. The lowest BCUT2D eigenvalue weighted by Gasteiger charge is -2.15. The van der Waals surface area contributed by atoms with E-state index in [0.29, 0.717) is 5.92 Å². The fraction of sp³-hybridized carbons (Fsp3) is 0.438. The van der Waals surface area contributed by atoms with Crippen LogP contribution in [0.25, 0.3) is 0 Å². The molecule has 0 aliphatic heterocycles. The van der Waals surface area contributed by atoms with Crippen molar-refractivity contribution in [2.45, 2.75) is 39.7 Å². The van der Waals surface area contributed by atoms with Crippen LogP contribution < -0.4 is 5.32 Å². The largest absolute Gasteiger partial charge is 0.356 e. The smallest absolute Gasteiger partial charge is 0.203 e. The van der Waals surface area contributed by atoms with Crippen LogP contribution in [0.1, 0.15) is 37.4 Å². The van der Waals surface area contributed by atoms with Crippen LogP contribution in [0, 0.1) is 6.92 Å². The number of nitrogens with zero attached hydrogens (tertiary/aromatic N) is 2. The minimum absolute atomic E-state index is 0.483. The topological polar surface area (TPSA) is 29.9 Å². The molecule has 102 valence electrons. The van der Waals surface area contributed by atoms with Gasteiger partial charge in [-0.3, -0.25) is 0 Å². The summed E-state index contributed by atoms with van der Waals surface area (Å²) >= 11 is 0. The van der Waals surface area contributed by atoms with E-state index in [0.717, 1.165) is 31.2 Å². The second kappa shape index (κ2) is 6.41. The molecule has 2 aromatic rings. The molecule has 1 aromatic carbocycles. The van der Waals surface area contributed by atoms with Gasteiger partial charge in [-0.2, -0.15) is 0 Å². The van der Waals surface area contributed by atoms with Crippen molar-refractivity contribution in [2.24, 2.45) is 0 Å². The average molecular weight is 257 g/mol. The average Bonchev–Trinajstić information content (AvgIpc) is 2.77. The van der Waals surface area contributed by atoms with Gasteiger partial charge in [0.25, 0.3) is 0 Å². The van der Waals surface area contributed by atoms with Crippen molar-refractivity contribution >= 4 is 5.95 Å². The molecular formula is C16H23N3. The van der Waals surface area contributed by atoms with Gasteiger partial charge < -0.3 is 9.88 Å². The molecule has 0 fully saturated rings. The molecule has 0 saturated carbocycles. The Morgan fingerprint density at radius 1 is 1.26 bits per heavy atom. The Bertz CT molecular complexity index is 502. The molecule has 0 radical (unpaired) electrons. The van der Waals surface area contributed by atoms with Crippen molar-refractivity contribution in [3.8, 4) is 0 Å². The zero-order valence-corrected chi connectivity index (χ0v) is 12.1. The van der Waals surface area contributed by atoms with Gasteiger partial charge in [-0.05, 0) is 24.8 Å². The first-order chi connectivity index (χ1) is 9.20. The third-order valence-corrected chi connectivity index (χ3v) is 3.27. The minimum atomic E-state index is 0.483. The molecule has 1 unspecified atom stereocenters. The number of rotatable bonds is 6. The van der Waals surface area contributed by atoms with E-state index < -0.39 is 0 Å². The first-order valence-corrected chi connectivity index (χ1v) is 7.03. The third-order valence-electron chi connectivity index (χ3n) is 3.27. The molecule has 0 spiro atoms. The van der Waals surface area contributed by atoms with Crippen LogP contribution in [0.5, 0.6) is 0 Å². The molecule has 0 aliphatic rings. The van der Waals surface area contributed by atoms with Gasteiger partial charge in [0, 0.05) is 19.3 Å². The fourth-order valence-corrected chi connectivity index (χ4v) is 2.25. The van der Waals surface area contributed by atoms with Crippen molar-refractivity contribution in [3.05, 3.63) is 47.8 Å². The summed E-state index contributed by atoms with van der Waals surface area (Å²) in [4.78, 5) is 4.55. The van der Waals surface area contributed by atoms with Crippen LogP contribution in [0.4, 0.5) is 5.95 Å². The van der Waals surface area contributed by atoms with Crippen molar-refractivity contribution in [3.63, 3.8) is 0 Å². The van der Waals surface area contributed by atoms with E-state index in [-0.39, 0.29) is 0 Å². The first-order valence-electron chi connectivity index (χ1n) is 7.03. The number of anilines is 1. The number of imidazole rings is 1. The number of benzene rings is 1. The van der Waals surface area contributed by atoms with Gasteiger partial charge in [-0.15, -0.1) is 0 Å². The zero-order valence-electron chi connectivity index (χ0n) is 12.1. The van der Waals surface area contributed by atoms with Crippen molar-refractivity contribution < 1.29 is 0 Å². The summed E-state index contributed by atoms with van der Waals surface area (Å²) in [5, 5.41) is 3.39. The number of aromatic nitrogens is 2. The summed E-state index contributed by atoms with van der Waals surface area (Å²) in [6.45, 7) is 8.39. The Morgan fingerprint density at radius 3 is 2.68 bits per heavy atom. The Labute approximate surface area is 115 Å². The van der Waals surface area contributed by atoms with Gasteiger partial charge in [0.15, 0.2) is 0 Å². The minimum Gasteiger partial charge on any atom is -0.356 e. The van der Waals surface area contributed by atoms with Crippen molar-refractivity contribution in [2.75, 3.05) is 11.9 Å². The monoisotopic (exact) mass is 257 g/mol. The van der Waals surface area contributed by atoms with Gasteiger partial charge >= 0.3 is 0 Å². The quantitative estimate of drug-likeness (QED) is 0.852. The SMILES string of the molecule is CCCNc1nc(C)cn1CC(C)c1ccccc1. The molecule has 1 heterocycles. The molecule has 1 N–H and O–H groups in total. The van der Waals surface area contributed by atoms with E-state index in [1.165, 1.54) is 5.56 Å². The summed E-state index contributed by atoms with van der Waals surface area (Å²) in [5.41, 5.74) is 2.44. The van der Waals surface area contributed by atoms with E-state index in [9.17, 15) is 0 Å². The number of nitrogens with one attached hydrogen (secondary N) is 1. The number of hydrogen-bond donors (Lipinski definition) is 1. The van der Waals surface area contributed by atoms with Gasteiger partial charge in [0.05, 0.1) is 5.69 Å². The van der Waals surface area contributed by atoms with E-state index in [2.05, 4.69) is 65.2 Å².